The summed E-state index contributed by atoms with van der Waals surface area (Å²) in [4.78, 5) is 11.8. The molecular weight excluding hydrogens is 474 g/mol. The lowest BCUT2D eigenvalue weighted by Crippen LogP contribution is -2.08. The van der Waals surface area contributed by atoms with Crippen molar-refractivity contribution >= 4 is 35.1 Å². The van der Waals surface area contributed by atoms with Crippen LogP contribution in [-0.4, -0.2) is 20.7 Å². The van der Waals surface area contributed by atoms with Crippen molar-refractivity contribution in [3.8, 4) is 5.88 Å². The van der Waals surface area contributed by atoms with E-state index in [-0.39, 0.29) is 12.4 Å². The Morgan fingerprint density at radius 2 is 1.40 bits per heavy atom. The van der Waals surface area contributed by atoms with Crippen LogP contribution in [-0.2, 0) is 11.3 Å². The van der Waals surface area contributed by atoms with Crippen LogP contribution in [0.25, 0.3) is 5.57 Å². The fraction of sp³-hybridized carbons (Fsp3) is 0.586. The van der Waals surface area contributed by atoms with Gasteiger partial charge in [0.25, 0.3) is 0 Å². The van der Waals surface area contributed by atoms with Crippen LogP contribution in [0, 0.1) is 3.95 Å². The molecule has 0 saturated carbocycles. The van der Waals surface area contributed by atoms with E-state index in [0.29, 0.717) is 8.83 Å². The number of carboxylic acids is 1. The van der Waals surface area contributed by atoms with Crippen LogP contribution in [0.3, 0.4) is 0 Å². The molecule has 2 aromatic rings. The highest BCUT2D eigenvalue weighted by molar-refractivity contribution is 7.73. The van der Waals surface area contributed by atoms with Gasteiger partial charge in [-0.05, 0) is 30.6 Å². The summed E-state index contributed by atoms with van der Waals surface area (Å²) in [6, 6.07) is 9.94. The van der Waals surface area contributed by atoms with E-state index in [4.69, 9.17) is 17.3 Å². The van der Waals surface area contributed by atoms with Crippen molar-refractivity contribution < 1.29 is 15.0 Å². The molecule has 1 aromatic carbocycles. The number of unbranched alkanes of at least 4 members (excludes halogenated alkanes) is 14. The maximum atomic E-state index is 11.2. The number of hydrogen-bond acceptors (Lipinski definition) is 4. The molecule has 1 heterocycles. The van der Waals surface area contributed by atoms with Crippen molar-refractivity contribution in [2.75, 3.05) is 0 Å². The molecule has 2 rings (SSSR count). The van der Waals surface area contributed by atoms with Gasteiger partial charge in [-0.1, -0.05) is 127 Å². The summed E-state index contributed by atoms with van der Waals surface area (Å²) >= 11 is 6.60. The van der Waals surface area contributed by atoms with Crippen LogP contribution < -0.4 is 0 Å². The number of carbonyl (C=O) groups is 1. The maximum absolute atomic E-state index is 11.2. The van der Waals surface area contributed by atoms with Crippen LogP contribution in [0.4, 0.5) is 0 Å². The molecule has 6 heteroatoms. The SMILES string of the molecule is CCCCCCCCCCCCCCCC/C=C(\c1ccccc1)c1sc(=S)n(CC(=O)O)c1O. The molecule has 0 amide bonds. The van der Waals surface area contributed by atoms with Crippen molar-refractivity contribution in [3.63, 3.8) is 0 Å². The van der Waals surface area contributed by atoms with Gasteiger partial charge in [-0.25, -0.2) is 0 Å². The molecule has 1 aromatic heterocycles. The molecule has 0 fully saturated rings. The van der Waals surface area contributed by atoms with E-state index in [0.717, 1.165) is 24.0 Å². The monoisotopic (exact) mass is 517 g/mol. The second-order valence-corrected chi connectivity index (χ2v) is 11.0. The normalized spacial score (nSPS) is 11.7. The predicted molar refractivity (Wildman–Crippen MR) is 151 cm³/mol. The largest absolute Gasteiger partial charge is 0.493 e. The standard InChI is InChI=1S/C29H43NO3S2/c1-2-3-4-5-6-7-8-9-10-11-12-13-14-15-19-22-25(24-20-17-16-18-21-24)27-28(33)30(23-26(31)32)29(34)35-27/h16-18,20-22,33H,2-15,19,23H2,1H3,(H,31,32)/b25-22+. The molecule has 0 spiro atoms. The summed E-state index contributed by atoms with van der Waals surface area (Å²) in [6.07, 6.45) is 21.8. The highest BCUT2D eigenvalue weighted by atomic mass is 32.1. The number of thiazole rings is 1. The Kier molecular flexibility index (Phi) is 14.7. The van der Waals surface area contributed by atoms with Gasteiger partial charge in [0.1, 0.15) is 6.54 Å². The molecule has 0 aliphatic carbocycles. The summed E-state index contributed by atoms with van der Waals surface area (Å²) in [5.74, 6) is -1.08. The van der Waals surface area contributed by atoms with Crippen molar-refractivity contribution in [2.45, 2.75) is 110 Å². The number of hydrogen-bond donors (Lipinski definition) is 2. The zero-order chi connectivity index (χ0) is 25.3. The van der Waals surface area contributed by atoms with Crippen molar-refractivity contribution in [2.24, 2.45) is 0 Å². The van der Waals surface area contributed by atoms with E-state index in [1.807, 2.05) is 30.3 Å². The number of aromatic nitrogens is 1. The molecule has 35 heavy (non-hydrogen) atoms. The van der Waals surface area contributed by atoms with Gasteiger partial charge in [-0.15, -0.1) is 11.3 Å². The molecular formula is C29H43NO3S2. The Morgan fingerprint density at radius 3 is 1.91 bits per heavy atom. The summed E-state index contributed by atoms with van der Waals surface area (Å²) in [5, 5.41) is 19.9. The first-order valence-electron chi connectivity index (χ1n) is 13.4. The van der Waals surface area contributed by atoms with Gasteiger partial charge < -0.3 is 10.2 Å². The predicted octanol–water partition coefficient (Wildman–Crippen LogP) is 9.37. The fourth-order valence-corrected chi connectivity index (χ4v) is 5.74. The molecule has 0 aliphatic heterocycles. The van der Waals surface area contributed by atoms with E-state index < -0.39 is 5.97 Å². The minimum Gasteiger partial charge on any atom is -0.493 e. The van der Waals surface area contributed by atoms with E-state index >= 15 is 0 Å². The minimum absolute atomic E-state index is 0.0570. The van der Waals surface area contributed by atoms with Crippen LogP contribution in [0.15, 0.2) is 36.4 Å². The number of nitrogens with zero attached hydrogens (tertiary/aromatic N) is 1. The van der Waals surface area contributed by atoms with Crippen LogP contribution in [0.5, 0.6) is 5.88 Å². The zero-order valence-corrected chi connectivity index (χ0v) is 23.0. The van der Waals surface area contributed by atoms with Gasteiger partial charge in [-0.2, -0.15) is 0 Å². The molecule has 0 bridgehead atoms. The lowest BCUT2D eigenvalue weighted by molar-refractivity contribution is -0.137. The number of benzene rings is 1. The van der Waals surface area contributed by atoms with E-state index in [9.17, 15) is 9.90 Å². The third kappa shape index (κ3) is 11.1. The van der Waals surface area contributed by atoms with Gasteiger partial charge in [-0.3, -0.25) is 9.36 Å². The smallest absolute Gasteiger partial charge is 0.323 e. The number of rotatable bonds is 19. The molecule has 0 saturated heterocycles. The lowest BCUT2D eigenvalue weighted by Gasteiger charge is -2.08. The second-order valence-electron chi connectivity index (χ2n) is 9.37. The Morgan fingerprint density at radius 1 is 0.886 bits per heavy atom. The summed E-state index contributed by atoms with van der Waals surface area (Å²) in [6.45, 7) is 1.94. The van der Waals surface area contributed by atoms with E-state index in [1.54, 1.807) is 0 Å². The van der Waals surface area contributed by atoms with Crippen molar-refractivity contribution in [1.29, 1.82) is 0 Å². The Balaban J connectivity index is 1.75. The van der Waals surface area contributed by atoms with Gasteiger partial charge in [0.2, 0.25) is 5.88 Å². The maximum Gasteiger partial charge on any atom is 0.323 e. The number of aromatic hydroxyl groups is 1. The third-order valence-corrected chi connectivity index (χ3v) is 7.87. The fourth-order valence-electron chi connectivity index (χ4n) is 4.39. The van der Waals surface area contributed by atoms with Gasteiger partial charge in [0, 0.05) is 5.57 Å². The molecule has 2 N–H and O–H groups in total. The third-order valence-electron chi connectivity index (χ3n) is 6.40. The zero-order valence-electron chi connectivity index (χ0n) is 21.3. The average molecular weight is 518 g/mol. The summed E-state index contributed by atoms with van der Waals surface area (Å²) in [5.41, 5.74) is 1.94. The Bertz CT molecular complexity index is 947. The molecule has 0 atom stereocenters. The van der Waals surface area contributed by atoms with E-state index in [2.05, 4.69) is 13.0 Å². The van der Waals surface area contributed by atoms with Crippen molar-refractivity contribution in [1.82, 2.24) is 4.57 Å². The lowest BCUT2D eigenvalue weighted by atomic mass is 10.0. The number of carboxylic acid groups (broad SMARTS) is 1. The van der Waals surface area contributed by atoms with Crippen LogP contribution >= 0.6 is 23.6 Å². The van der Waals surface area contributed by atoms with E-state index in [1.165, 1.54) is 99.4 Å². The van der Waals surface area contributed by atoms with Gasteiger partial charge in [0.05, 0.1) is 4.88 Å². The number of allylic oxidation sites excluding steroid dienone is 1. The summed E-state index contributed by atoms with van der Waals surface area (Å²) < 4.78 is 1.67. The van der Waals surface area contributed by atoms with Gasteiger partial charge >= 0.3 is 5.97 Å². The average Bonchev–Trinajstić information content (AvgIpc) is 3.12. The summed E-state index contributed by atoms with van der Waals surface area (Å²) in [7, 11) is 0. The molecule has 4 nitrogen and oxygen atoms in total. The first kappa shape index (κ1) is 29.3. The molecule has 194 valence electrons. The topological polar surface area (TPSA) is 62.5 Å². The highest BCUT2D eigenvalue weighted by Gasteiger charge is 2.18. The Labute approximate surface area is 220 Å². The molecule has 0 unspecified atom stereocenters. The Hall–Kier alpha value is -1.92. The first-order valence-corrected chi connectivity index (χ1v) is 14.7. The van der Waals surface area contributed by atoms with Crippen LogP contribution in [0.1, 0.15) is 114 Å². The van der Waals surface area contributed by atoms with Crippen molar-refractivity contribution in [3.05, 3.63) is 50.8 Å². The van der Waals surface area contributed by atoms with Gasteiger partial charge in [0.15, 0.2) is 3.95 Å². The first-order chi connectivity index (χ1) is 17.0. The minimum atomic E-state index is -1.02. The second kappa shape index (κ2) is 17.5. The highest BCUT2D eigenvalue weighted by Crippen LogP contribution is 2.36. The quantitative estimate of drug-likeness (QED) is 0.144. The molecule has 0 radical (unpaired) electrons. The number of aliphatic carboxylic acids is 1. The molecule has 0 aliphatic rings. The van der Waals surface area contributed by atoms with Crippen LogP contribution in [0.2, 0.25) is 0 Å².